The first-order chi connectivity index (χ1) is 13.0. The summed E-state index contributed by atoms with van der Waals surface area (Å²) in [4.78, 5) is 28.2. The normalized spacial score (nSPS) is 13.4. The molecule has 9 heteroatoms. The topological polar surface area (TPSA) is 106 Å². The predicted molar refractivity (Wildman–Crippen MR) is 102 cm³/mol. The van der Waals surface area contributed by atoms with Crippen molar-refractivity contribution in [3.05, 3.63) is 53.5 Å². The second kappa shape index (κ2) is 8.00. The largest absolute Gasteiger partial charge is 0.497 e. The van der Waals surface area contributed by atoms with Crippen LogP contribution < -0.4 is 21.1 Å². The molecular formula is C18H17FN4O3S. The van der Waals surface area contributed by atoms with Gasteiger partial charge in [0.15, 0.2) is 10.8 Å². The number of benzene rings is 1. The molecule has 4 N–H and O–H groups in total. The quantitative estimate of drug-likeness (QED) is 0.702. The Labute approximate surface area is 158 Å². The fourth-order valence-electron chi connectivity index (χ4n) is 2.41. The highest BCUT2D eigenvalue weighted by molar-refractivity contribution is 7.20. The Morgan fingerprint density at radius 2 is 1.96 bits per heavy atom. The van der Waals surface area contributed by atoms with E-state index in [-0.39, 0.29) is 29.4 Å². The maximum Gasteiger partial charge on any atom is 0.270 e. The zero-order chi connectivity index (χ0) is 19.4. The molecule has 0 fully saturated rings. The number of halogens is 1. The molecule has 0 radical (unpaired) electrons. The van der Waals surface area contributed by atoms with E-state index in [9.17, 15) is 14.0 Å². The average molecular weight is 388 g/mol. The minimum absolute atomic E-state index is 0.0394. The van der Waals surface area contributed by atoms with Crippen LogP contribution in [0.2, 0.25) is 0 Å². The van der Waals surface area contributed by atoms with Crippen LogP contribution in [0.3, 0.4) is 0 Å². The molecule has 1 aromatic carbocycles. The van der Waals surface area contributed by atoms with Crippen LogP contribution in [-0.2, 0) is 4.79 Å². The van der Waals surface area contributed by atoms with Crippen LogP contribution in [0.25, 0.3) is 0 Å². The van der Waals surface area contributed by atoms with Gasteiger partial charge in [0.1, 0.15) is 16.6 Å². The minimum atomic E-state index is -0.757. The Hall–Kier alpha value is -3.20. The van der Waals surface area contributed by atoms with Gasteiger partial charge in [0.05, 0.1) is 7.11 Å². The van der Waals surface area contributed by atoms with Gasteiger partial charge in [-0.3, -0.25) is 9.59 Å². The van der Waals surface area contributed by atoms with Crippen molar-refractivity contribution in [2.45, 2.75) is 12.8 Å². The first-order valence-electron chi connectivity index (χ1n) is 8.04. The molecule has 0 atom stereocenters. The number of nitrogens with zero attached hydrogens (tertiary/aromatic N) is 1. The van der Waals surface area contributed by atoms with Crippen LogP contribution in [0.4, 0.5) is 20.2 Å². The van der Waals surface area contributed by atoms with Crippen LogP contribution in [0.15, 0.2) is 47.8 Å². The van der Waals surface area contributed by atoms with Gasteiger partial charge in [-0.25, -0.2) is 9.37 Å². The molecule has 7 nitrogen and oxygen atoms in total. The highest BCUT2D eigenvalue weighted by Gasteiger charge is 2.20. The lowest BCUT2D eigenvalue weighted by atomic mass is 10.0. The lowest BCUT2D eigenvalue weighted by Gasteiger charge is -2.10. The summed E-state index contributed by atoms with van der Waals surface area (Å²) >= 11 is 1.08. The summed E-state index contributed by atoms with van der Waals surface area (Å²) < 4.78 is 18.2. The molecule has 0 spiro atoms. The molecule has 0 unspecified atom stereocenters. The minimum Gasteiger partial charge on any atom is -0.497 e. The molecule has 3 rings (SSSR count). The van der Waals surface area contributed by atoms with E-state index >= 15 is 0 Å². The first kappa shape index (κ1) is 18.6. The van der Waals surface area contributed by atoms with E-state index in [1.807, 2.05) is 0 Å². The van der Waals surface area contributed by atoms with E-state index < -0.39 is 11.8 Å². The third-order valence-corrected chi connectivity index (χ3v) is 4.71. The molecule has 1 aliphatic carbocycles. The third kappa shape index (κ3) is 4.50. The van der Waals surface area contributed by atoms with E-state index in [2.05, 4.69) is 15.6 Å². The maximum atomic E-state index is 13.1. The summed E-state index contributed by atoms with van der Waals surface area (Å²) in [5.41, 5.74) is 6.48. The number of nitrogens with one attached hydrogen (secondary N) is 2. The number of hydrogen-bond donors (Lipinski definition) is 3. The smallest absolute Gasteiger partial charge is 0.270 e. The number of ether oxygens (including phenoxy) is 1. The molecule has 0 saturated carbocycles. The van der Waals surface area contributed by atoms with Crippen molar-refractivity contribution in [3.8, 4) is 5.75 Å². The van der Waals surface area contributed by atoms with E-state index in [0.717, 1.165) is 17.0 Å². The van der Waals surface area contributed by atoms with Crippen molar-refractivity contribution >= 4 is 39.0 Å². The summed E-state index contributed by atoms with van der Waals surface area (Å²) in [6, 6.07) is 7.12. The number of nitrogens with two attached hydrogens (primary N) is 1. The van der Waals surface area contributed by atoms with Crippen LogP contribution in [0.5, 0.6) is 5.75 Å². The Balaban J connectivity index is 1.78. The van der Waals surface area contributed by atoms with Gasteiger partial charge in [0.2, 0.25) is 0 Å². The molecule has 1 heterocycles. The number of primary amides is 1. The van der Waals surface area contributed by atoms with Gasteiger partial charge in [-0.1, -0.05) is 17.4 Å². The molecule has 2 amide bonds. The standard InChI is InChI=1S/C18H17FN4O3S/c1-26-13-8-6-12(7-9-13)21-18-22-14(15(20)24)17(27-18)23-16(25)10-2-4-11(19)5-3-10/h2,4,6-9H,3,5H2,1H3,(H2,20,24)(H,21,22)(H,23,25). The lowest BCUT2D eigenvalue weighted by Crippen LogP contribution is -2.19. The van der Waals surface area contributed by atoms with Crippen molar-refractivity contribution in [2.75, 3.05) is 17.7 Å². The summed E-state index contributed by atoms with van der Waals surface area (Å²) in [5, 5.41) is 6.32. The van der Waals surface area contributed by atoms with Crippen molar-refractivity contribution in [2.24, 2.45) is 5.73 Å². The Bertz CT molecular complexity index is 935. The van der Waals surface area contributed by atoms with Crippen LogP contribution in [-0.4, -0.2) is 23.9 Å². The summed E-state index contributed by atoms with van der Waals surface area (Å²) in [7, 11) is 1.57. The van der Waals surface area contributed by atoms with Gasteiger partial charge in [0.25, 0.3) is 11.8 Å². The highest BCUT2D eigenvalue weighted by atomic mass is 32.1. The lowest BCUT2D eigenvalue weighted by molar-refractivity contribution is -0.113. The number of anilines is 3. The molecule has 0 bridgehead atoms. The molecule has 140 valence electrons. The number of hydrogen-bond acceptors (Lipinski definition) is 6. The van der Waals surface area contributed by atoms with Gasteiger partial charge >= 0.3 is 0 Å². The van der Waals surface area contributed by atoms with E-state index in [0.29, 0.717) is 16.5 Å². The molecule has 1 aliphatic rings. The number of methoxy groups -OCH3 is 1. The highest BCUT2D eigenvalue weighted by Crippen LogP contribution is 2.32. The Morgan fingerprint density at radius 3 is 2.56 bits per heavy atom. The van der Waals surface area contributed by atoms with Crippen LogP contribution in [0.1, 0.15) is 23.3 Å². The maximum absolute atomic E-state index is 13.1. The number of rotatable bonds is 6. The first-order valence-corrected chi connectivity index (χ1v) is 8.86. The Morgan fingerprint density at radius 1 is 1.22 bits per heavy atom. The number of thiazole rings is 1. The van der Waals surface area contributed by atoms with E-state index in [1.165, 1.54) is 12.2 Å². The zero-order valence-corrected chi connectivity index (χ0v) is 15.2. The van der Waals surface area contributed by atoms with Crippen molar-refractivity contribution in [1.82, 2.24) is 4.98 Å². The SMILES string of the molecule is COc1ccc(Nc2nc(C(N)=O)c(NC(=O)C3=CC=C(F)CC3)s2)cc1. The molecule has 1 aromatic heterocycles. The van der Waals surface area contributed by atoms with Gasteiger partial charge < -0.3 is 21.1 Å². The number of amides is 2. The number of aromatic nitrogens is 1. The van der Waals surface area contributed by atoms with Crippen molar-refractivity contribution < 1.29 is 18.7 Å². The fourth-order valence-corrected chi connectivity index (χ4v) is 3.29. The zero-order valence-electron chi connectivity index (χ0n) is 14.4. The third-order valence-electron chi connectivity index (χ3n) is 3.82. The predicted octanol–water partition coefficient (Wildman–Crippen LogP) is 3.51. The monoisotopic (exact) mass is 388 g/mol. The molecule has 0 aliphatic heterocycles. The molecule has 27 heavy (non-hydrogen) atoms. The van der Waals surface area contributed by atoms with Crippen LogP contribution >= 0.6 is 11.3 Å². The Kier molecular flexibility index (Phi) is 5.51. The molecular weight excluding hydrogens is 371 g/mol. The van der Waals surface area contributed by atoms with Crippen LogP contribution in [0, 0.1) is 0 Å². The molecule has 0 saturated heterocycles. The van der Waals surface area contributed by atoms with E-state index in [1.54, 1.807) is 31.4 Å². The number of carbonyl (C=O) groups is 2. The average Bonchev–Trinajstić information content (AvgIpc) is 3.05. The van der Waals surface area contributed by atoms with Gasteiger partial charge in [-0.2, -0.15) is 0 Å². The molecule has 2 aromatic rings. The van der Waals surface area contributed by atoms with Crippen molar-refractivity contribution in [3.63, 3.8) is 0 Å². The van der Waals surface area contributed by atoms with Gasteiger partial charge in [-0.15, -0.1) is 0 Å². The second-order valence-electron chi connectivity index (χ2n) is 5.67. The fraction of sp³-hybridized carbons (Fsp3) is 0.167. The van der Waals surface area contributed by atoms with E-state index in [4.69, 9.17) is 10.5 Å². The summed E-state index contributed by atoms with van der Waals surface area (Å²) in [6.07, 6.45) is 3.15. The number of allylic oxidation sites excluding steroid dienone is 3. The van der Waals surface area contributed by atoms with Crippen molar-refractivity contribution in [1.29, 1.82) is 0 Å². The summed E-state index contributed by atoms with van der Waals surface area (Å²) in [5.74, 6) is -0.737. The number of carbonyl (C=O) groups excluding carboxylic acids is 2. The van der Waals surface area contributed by atoms with Gasteiger partial charge in [-0.05, 0) is 36.8 Å². The second-order valence-corrected chi connectivity index (χ2v) is 6.67. The van der Waals surface area contributed by atoms with Gasteiger partial charge in [0, 0.05) is 17.7 Å². The summed E-state index contributed by atoms with van der Waals surface area (Å²) in [6.45, 7) is 0.